The Kier molecular flexibility index (Phi) is 9.79. The number of benzene rings is 2. The normalized spacial score (nSPS) is 9.93. The van der Waals surface area contributed by atoms with E-state index in [2.05, 4.69) is 5.32 Å². The summed E-state index contributed by atoms with van der Waals surface area (Å²) < 4.78 is 21.1. The molecular weight excluding hydrogens is 386 g/mol. The molecule has 0 aliphatic heterocycles. The van der Waals surface area contributed by atoms with E-state index in [-0.39, 0.29) is 18.8 Å². The second kappa shape index (κ2) is 12.9. The second-order valence-corrected chi connectivity index (χ2v) is 6.03. The van der Waals surface area contributed by atoms with Crippen molar-refractivity contribution in [1.29, 1.82) is 0 Å². The van der Waals surface area contributed by atoms with Gasteiger partial charge in [0.25, 0.3) is 0 Å². The molecule has 0 aromatic heterocycles. The Bertz CT molecular complexity index is 797. The van der Waals surface area contributed by atoms with E-state index in [1.54, 1.807) is 38.1 Å². The number of nitrogens with one attached hydrogen (secondary N) is 1. The highest BCUT2D eigenvalue weighted by atomic mass is 16.6. The lowest BCUT2D eigenvalue weighted by Crippen LogP contribution is -2.19. The van der Waals surface area contributed by atoms with E-state index < -0.39 is 11.9 Å². The van der Waals surface area contributed by atoms with Crippen LogP contribution in [0.1, 0.15) is 20.3 Å². The van der Waals surface area contributed by atoms with Crippen LogP contribution in [-0.2, 0) is 19.1 Å². The summed E-state index contributed by atoms with van der Waals surface area (Å²) in [4.78, 5) is 23.9. The van der Waals surface area contributed by atoms with Crippen molar-refractivity contribution in [2.24, 2.45) is 0 Å². The molecule has 0 saturated carbocycles. The van der Waals surface area contributed by atoms with Gasteiger partial charge in [0.1, 0.15) is 11.5 Å². The molecule has 0 bridgehead atoms. The van der Waals surface area contributed by atoms with E-state index in [4.69, 9.17) is 18.9 Å². The minimum atomic E-state index is -0.735. The van der Waals surface area contributed by atoms with E-state index in [1.165, 1.54) is 6.20 Å². The number of hydrogen-bond donors (Lipinski definition) is 1. The largest absolute Gasteiger partial charge is 0.493 e. The summed E-state index contributed by atoms with van der Waals surface area (Å²) in [6.07, 6.45) is 2.03. The highest BCUT2D eigenvalue weighted by Crippen LogP contribution is 2.17. The number of esters is 2. The van der Waals surface area contributed by atoms with Gasteiger partial charge in [-0.1, -0.05) is 18.2 Å². The minimum absolute atomic E-state index is 0.165. The summed E-state index contributed by atoms with van der Waals surface area (Å²) in [6, 6.07) is 16.8. The molecule has 7 nitrogen and oxygen atoms in total. The first-order chi connectivity index (χ1) is 14.6. The van der Waals surface area contributed by atoms with Gasteiger partial charge in [0.05, 0.1) is 26.4 Å². The molecule has 0 radical (unpaired) electrons. The molecule has 30 heavy (non-hydrogen) atoms. The predicted octanol–water partition coefficient (Wildman–Crippen LogP) is 3.96. The molecule has 0 fully saturated rings. The Morgan fingerprint density at radius 1 is 0.800 bits per heavy atom. The summed E-state index contributed by atoms with van der Waals surface area (Å²) in [5.74, 6) is 0.0773. The molecule has 0 spiro atoms. The van der Waals surface area contributed by atoms with Crippen LogP contribution < -0.4 is 14.8 Å². The van der Waals surface area contributed by atoms with Crippen molar-refractivity contribution in [3.63, 3.8) is 0 Å². The number of ether oxygens (including phenoxy) is 4. The third-order valence-corrected chi connectivity index (χ3v) is 3.80. The molecule has 0 unspecified atom stereocenters. The molecule has 0 heterocycles. The van der Waals surface area contributed by atoms with Crippen LogP contribution >= 0.6 is 0 Å². The van der Waals surface area contributed by atoms with Crippen LogP contribution in [0.15, 0.2) is 66.4 Å². The Balaban J connectivity index is 1.81. The zero-order valence-electron chi connectivity index (χ0n) is 17.3. The molecule has 2 rings (SSSR count). The van der Waals surface area contributed by atoms with Gasteiger partial charge in [-0.3, -0.25) is 0 Å². The van der Waals surface area contributed by atoms with Crippen LogP contribution in [-0.4, -0.2) is 38.4 Å². The summed E-state index contributed by atoms with van der Waals surface area (Å²) in [5.41, 5.74) is 0.485. The Hall–Kier alpha value is -3.48. The molecule has 0 atom stereocenters. The molecule has 0 aliphatic carbocycles. The SMILES string of the molecule is CCOC(=O)C(=CNc1ccc(OCCCOc2ccccc2)cc1)C(=O)OCC. The van der Waals surface area contributed by atoms with Gasteiger partial charge >= 0.3 is 11.9 Å². The van der Waals surface area contributed by atoms with Gasteiger partial charge < -0.3 is 24.3 Å². The summed E-state index contributed by atoms with van der Waals surface area (Å²) in [7, 11) is 0. The molecular formula is C23H27NO6. The summed E-state index contributed by atoms with van der Waals surface area (Å²) >= 11 is 0. The molecule has 1 N–H and O–H groups in total. The van der Waals surface area contributed by atoms with Crippen LogP contribution in [0, 0.1) is 0 Å². The molecule has 0 saturated heterocycles. The fourth-order valence-electron chi connectivity index (χ4n) is 2.38. The number of carbonyl (C=O) groups excluding carboxylic acids is 2. The van der Waals surface area contributed by atoms with Crippen LogP contribution in [0.4, 0.5) is 5.69 Å². The number of rotatable bonds is 12. The number of hydrogen-bond acceptors (Lipinski definition) is 7. The van der Waals surface area contributed by atoms with Crippen molar-refractivity contribution in [2.75, 3.05) is 31.7 Å². The van der Waals surface area contributed by atoms with Crippen molar-refractivity contribution < 1.29 is 28.5 Å². The smallest absolute Gasteiger partial charge is 0.347 e. The Morgan fingerprint density at radius 2 is 1.33 bits per heavy atom. The predicted molar refractivity (Wildman–Crippen MR) is 113 cm³/mol. The number of anilines is 1. The van der Waals surface area contributed by atoms with E-state index in [1.807, 2.05) is 30.3 Å². The third kappa shape index (κ3) is 7.87. The standard InChI is InChI=1S/C23H27NO6/c1-3-27-22(25)21(23(26)28-4-2)17-24-18-11-13-20(14-12-18)30-16-8-15-29-19-9-6-5-7-10-19/h5-7,9-14,17,24H,3-4,8,15-16H2,1-2H3. The van der Waals surface area contributed by atoms with Crippen LogP contribution in [0.2, 0.25) is 0 Å². The highest BCUT2D eigenvalue weighted by molar-refractivity contribution is 6.14. The van der Waals surface area contributed by atoms with Crippen molar-refractivity contribution in [1.82, 2.24) is 0 Å². The lowest BCUT2D eigenvalue weighted by Gasteiger charge is -2.09. The average molecular weight is 413 g/mol. The first-order valence-corrected chi connectivity index (χ1v) is 9.85. The van der Waals surface area contributed by atoms with E-state index in [0.717, 1.165) is 12.2 Å². The molecule has 7 heteroatoms. The average Bonchev–Trinajstić information content (AvgIpc) is 2.76. The zero-order valence-corrected chi connectivity index (χ0v) is 17.3. The van der Waals surface area contributed by atoms with Crippen molar-refractivity contribution >= 4 is 17.6 Å². The topological polar surface area (TPSA) is 83.1 Å². The van der Waals surface area contributed by atoms with E-state index in [0.29, 0.717) is 24.7 Å². The minimum Gasteiger partial charge on any atom is -0.493 e. The van der Waals surface area contributed by atoms with Crippen molar-refractivity contribution in [3.8, 4) is 11.5 Å². The van der Waals surface area contributed by atoms with Crippen LogP contribution in [0.25, 0.3) is 0 Å². The molecule has 0 amide bonds. The maximum atomic E-state index is 11.9. The Labute approximate surface area is 176 Å². The van der Waals surface area contributed by atoms with Crippen molar-refractivity contribution in [3.05, 3.63) is 66.4 Å². The first kappa shape index (κ1) is 22.8. The maximum absolute atomic E-state index is 11.9. The first-order valence-electron chi connectivity index (χ1n) is 9.85. The monoisotopic (exact) mass is 413 g/mol. The van der Waals surface area contributed by atoms with Gasteiger partial charge in [0.15, 0.2) is 5.57 Å². The Morgan fingerprint density at radius 3 is 1.87 bits per heavy atom. The molecule has 160 valence electrons. The van der Waals surface area contributed by atoms with E-state index >= 15 is 0 Å². The third-order valence-electron chi connectivity index (χ3n) is 3.80. The fourth-order valence-corrected chi connectivity index (χ4v) is 2.38. The second-order valence-electron chi connectivity index (χ2n) is 6.03. The lowest BCUT2D eigenvalue weighted by molar-refractivity contribution is -0.146. The fraction of sp³-hybridized carbons (Fsp3) is 0.304. The zero-order chi connectivity index (χ0) is 21.6. The van der Waals surface area contributed by atoms with Gasteiger partial charge in [-0.2, -0.15) is 0 Å². The quantitative estimate of drug-likeness (QED) is 0.185. The molecule has 0 aliphatic rings. The van der Waals surface area contributed by atoms with Gasteiger partial charge in [-0.15, -0.1) is 0 Å². The van der Waals surface area contributed by atoms with Gasteiger partial charge in [0.2, 0.25) is 0 Å². The molecule has 2 aromatic carbocycles. The highest BCUT2D eigenvalue weighted by Gasteiger charge is 2.20. The maximum Gasteiger partial charge on any atom is 0.347 e. The van der Waals surface area contributed by atoms with Gasteiger partial charge in [-0.25, -0.2) is 9.59 Å². The van der Waals surface area contributed by atoms with Crippen LogP contribution in [0.3, 0.4) is 0 Å². The van der Waals surface area contributed by atoms with Gasteiger partial charge in [0, 0.05) is 18.3 Å². The van der Waals surface area contributed by atoms with Crippen molar-refractivity contribution in [2.45, 2.75) is 20.3 Å². The lowest BCUT2D eigenvalue weighted by atomic mass is 10.2. The number of carbonyl (C=O) groups is 2. The summed E-state index contributed by atoms with van der Waals surface area (Å²) in [5, 5.41) is 2.91. The van der Waals surface area contributed by atoms with E-state index in [9.17, 15) is 9.59 Å². The van der Waals surface area contributed by atoms with Gasteiger partial charge in [-0.05, 0) is 50.2 Å². The molecule has 2 aromatic rings. The van der Waals surface area contributed by atoms with Crippen LogP contribution in [0.5, 0.6) is 11.5 Å². The number of para-hydroxylation sites is 1. The summed E-state index contributed by atoms with van der Waals surface area (Å²) in [6.45, 7) is 4.76.